The number of hydrogen-bond acceptors (Lipinski definition) is 4. The average molecular weight is 301 g/mol. The highest BCUT2D eigenvalue weighted by Gasteiger charge is 2.02. The Hall–Kier alpha value is -1.10. The van der Waals surface area contributed by atoms with E-state index in [0.29, 0.717) is 19.6 Å². The molecule has 0 aliphatic rings. The molecule has 1 aromatic heterocycles. The highest BCUT2D eigenvalue weighted by molar-refractivity contribution is 9.10. The van der Waals surface area contributed by atoms with E-state index >= 15 is 0 Å². The molecule has 1 aromatic rings. The van der Waals surface area contributed by atoms with E-state index in [1.165, 1.54) is 0 Å². The first-order chi connectivity index (χ1) is 8.13. The Bertz CT molecular complexity index is 383. The topological polar surface area (TPSA) is 51.2 Å². The normalized spacial score (nSPS) is 10.1. The van der Waals surface area contributed by atoms with E-state index in [1.54, 1.807) is 0 Å². The van der Waals surface area contributed by atoms with Gasteiger partial charge in [0.1, 0.15) is 5.82 Å². The van der Waals surface area contributed by atoms with Crippen LogP contribution in [-0.4, -0.2) is 24.1 Å². The fourth-order valence-electron chi connectivity index (χ4n) is 1.32. The number of aromatic nitrogens is 1. The molecule has 1 heterocycles. The monoisotopic (exact) mass is 300 g/mol. The maximum atomic E-state index is 11.1. The summed E-state index contributed by atoms with van der Waals surface area (Å²) >= 11 is 3.40. The number of nitrogens with one attached hydrogen (secondary N) is 1. The molecule has 0 bridgehead atoms. The summed E-state index contributed by atoms with van der Waals surface area (Å²) in [6.45, 7) is 4.91. The van der Waals surface area contributed by atoms with Crippen LogP contribution >= 0.6 is 15.9 Å². The van der Waals surface area contributed by atoms with Crippen molar-refractivity contribution < 1.29 is 9.53 Å². The van der Waals surface area contributed by atoms with Gasteiger partial charge in [0, 0.05) is 17.4 Å². The molecule has 0 amide bonds. The van der Waals surface area contributed by atoms with E-state index < -0.39 is 0 Å². The van der Waals surface area contributed by atoms with Crippen LogP contribution in [-0.2, 0) is 9.53 Å². The second-order valence-corrected chi connectivity index (χ2v) is 4.45. The predicted molar refractivity (Wildman–Crippen MR) is 71.0 cm³/mol. The molecule has 0 aliphatic heterocycles. The summed E-state index contributed by atoms with van der Waals surface area (Å²) < 4.78 is 5.84. The van der Waals surface area contributed by atoms with Gasteiger partial charge in [-0.25, -0.2) is 4.98 Å². The Morgan fingerprint density at radius 2 is 2.29 bits per heavy atom. The Labute approximate surface area is 110 Å². The number of ether oxygens (including phenoxy) is 1. The minimum Gasteiger partial charge on any atom is -0.466 e. The molecule has 0 atom stereocenters. The van der Waals surface area contributed by atoms with Crippen molar-refractivity contribution in [1.29, 1.82) is 0 Å². The largest absolute Gasteiger partial charge is 0.466 e. The number of hydrogen-bond donors (Lipinski definition) is 1. The lowest BCUT2D eigenvalue weighted by Crippen LogP contribution is -2.09. The van der Waals surface area contributed by atoms with Gasteiger partial charge in [-0.05, 0) is 48.3 Å². The quantitative estimate of drug-likeness (QED) is 0.648. The van der Waals surface area contributed by atoms with Crippen molar-refractivity contribution in [2.75, 3.05) is 18.5 Å². The molecule has 4 nitrogen and oxygen atoms in total. The number of nitrogens with zero attached hydrogens (tertiary/aromatic N) is 1. The molecule has 17 heavy (non-hydrogen) atoms. The summed E-state index contributed by atoms with van der Waals surface area (Å²) in [5, 5.41) is 3.17. The zero-order chi connectivity index (χ0) is 12.7. The number of halogens is 1. The van der Waals surface area contributed by atoms with Gasteiger partial charge in [0.05, 0.1) is 12.3 Å². The first-order valence-electron chi connectivity index (χ1n) is 5.66. The number of pyridine rings is 1. The van der Waals surface area contributed by atoms with Crippen molar-refractivity contribution in [1.82, 2.24) is 4.98 Å². The van der Waals surface area contributed by atoms with Gasteiger partial charge in [-0.1, -0.05) is 0 Å². The van der Waals surface area contributed by atoms with Gasteiger partial charge in [-0.3, -0.25) is 4.79 Å². The third kappa shape index (κ3) is 5.17. The molecule has 0 fully saturated rings. The predicted octanol–water partition coefficient (Wildman–Crippen LogP) is 2.91. The third-order valence-corrected chi connectivity index (χ3v) is 3.03. The molecule has 0 aliphatic carbocycles. The van der Waals surface area contributed by atoms with Gasteiger partial charge in [0.25, 0.3) is 0 Å². The highest BCUT2D eigenvalue weighted by atomic mass is 79.9. The molecule has 1 rings (SSSR count). The van der Waals surface area contributed by atoms with E-state index in [0.717, 1.165) is 22.4 Å². The number of aryl methyl sites for hydroxylation is 1. The fourth-order valence-corrected chi connectivity index (χ4v) is 1.55. The van der Waals surface area contributed by atoms with Gasteiger partial charge >= 0.3 is 5.97 Å². The zero-order valence-corrected chi connectivity index (χ0v) is 11.7. The van der Waals surface area contributed by atoms with Crippen LogP contribution in [0.4, 0.5) is 5.82 Å². The lowest BCUT2D eigenvalue weighted by Gasteiger charge is -2.06. The molecule has 0 radical (unpaired) electrons. The second kappa shape index (κ2) is 7.27. The van der Waals surface area contributed by atoms with Crippen LogP contribution in [0.3, 0.4) is 0 Å². The molecule has 0 spiro atoms. The summed E-state index contributed by atoms with van der Waals surface area (Å²) in [6, 6.07) is 3.86. The van der Waals surface area contributed by atoms with Crippen molar-refractivity contribution in [2.24, 2.45) is 0 Å². The van der Waals surface area contributed by atoms with Crippen LogP contribution in [0.2, 0.25) is 0 Å². The minimum atomic E-state index is -0.144. The van der Waals surface area contributed by atoms with Gasteiger partial charge in [0.2, 0.25) is 0 Å². The smallest absolute Gasteiger partial charge is 0.305 e. The summed E-state index contributed by atoms with van der Waals surface area (Å²) in [7, 11) is 0. The second-order valence-electron chi connectivity index (χ2n) is 3.60. The van der Waals surface area contributed by atoms with Gasteiger partial charge in [-0.2, -0.15) is 0 Å². The van der Waals surface area contributed by atoms with Crippen LogP contribution in [0.1, 0.15) is 25.5 Å². The van der Waals surface area contributed by atoms with Crippen molar-refractivity contribution in [2.45, 2.75) is 26.7 Å². The molecule has 1 N–H and O–H groups in total. The van der Waals surface area contributed by atoms with Crippen molar-refractivity contribution >= 4 is 27.7 Å². The number of carbonyl (C=O) groups excluding carboxylic acids is 1. The van der Waals surface area contributed by atoms with Crippen LogP contribution in [0, 0.1) is 6.92 Å². The van der Waals surface area contributed by atoms with Crippen molar-refractivity contribution in [3.63, 3.8) is 0 Å². The van der Waals surface area contributed by atoms with E-state index in [4.69, 9.17) is 4.74 Å². The molecule has 5 heteroatoms. The van der Waals surface area contributed by atoms with Crippen LogP contribution in [0.15, 0.2) is 16.6 Å². The number of esters is 1. The Morgan fingerprint density at radius 1 is 1.53 bits per heavy atom. The van der Waals surface area contributed by atoms with E-state index in [2.05, 4.69) is 26.2 Å². The van der Waals surface area contributed by atoms with Crippen LogP contribution in [0.25, 0.3) is 0 Å². The minimum absolute atomic E-state index is 0.144. The van der Waals surface area contributed by atoms with Crippen molar-refractivity contribution in [3.05, 3.63) is 22.3 Å². The number of carbonyl (C=O) groups is 1. The standard InChI is InChI=1S/C12H17BrN2O2/c1-3-17-12(16)5-4-8-14-11-7-6-10(13)9(2)15-11/h6-7H,3-5,8H2,1-2H3,(H,14,15). The molecule has 0 unspecified atom stereocenters. The number of rotatable bonds is 6. The lowest BCUT2D eigenvalue weighted by atomic mass is 10.3. The third-order valence-electron chi connectivity index (χ3n) is 2.19. The summed E-state index contributed by atoms with van der Waals surface area (Å²) in [5.41, 5.74) is 0.945. The molecule has 0 saturated carbocycles. The Kier molecular flexibility index (Phi) is 5.97. The summed E-state index contributed by atoms with van der Waals surface area (Å²) in [6.07, 6.45) is 1.19. The first kappa shape index (κ1) is 14.0. The molecular formula is C12H17BrN2O2. The van der Waals surface area contributed by atoms with E-state index in [9.17, 15) is 4.79 Å². The summed E-state index contributed by atoms with van der Waals surface area (Å²) in [5.74, 6) is 0.684. The Morgan fingerprint density at radius 3 is 2.94 bits per heavy atom. The fraction of sp³-hybridized carbons (Fsp3) is 0.500. The highest BCUT2D eigenvalue weighted by Crippen LogP contribution is 2.16. The molecule has 0 aromatic carbocycles. The lowest BCUT2D eigenvalue weighted by molar-refractivity contribution is -0.143. The van der Waals surface area contributed by atoms with E-state index in [1.807, 2.05) is 26.0 Å². The maximum Gasteiger partial charge on any atom is 0.305 e. The SMILES string of the molecule is CCOC(=O)CCCNc1ccc(Br)c(C)n1. The molecule has 0 saturated heterocycles. The first-order valence-corrected chi connectivity index (χ1v) is 6.45. The number of anilines is 1. The van der Waals surface area contributed by atoms with Gasteiger partial charge in [-0.15, -0.1) is 0 Å². The van der Waals surface area contributed by atoms with Gasteiger partial charge in [0.15, 0.2) is 0 Å². The van der Waals surface area contributed by atoms with Crippen molar-refractivity contribution in [3.8, 4) is 0 Å². The van der Waals surface area contributed by atoms with Crippen LogP contribution in [0.5, 0.6) is 0 Å². The molecule has 94 valence electrons. The van der Waals surface area contributed by atoms with Crippen LogP contribution < -0.4 is 5.32 Å². The average Bonchev–Trinajstić information content (AvgIpc) is 2.29. The summed E-state index contributed by atoms with van der Waals surface area (Å²) in [4.78, 5) is 15.4. The zero-order valence-electron chi connectivity index (χ0n) is 10.1. The maximum absolute atomic E-state index is 11.1. The Balaban J connectivity index is 2.26. The molecular weight excluding hydrogens is 284 g/mol. The van der Waals surface area contributed by atoms with E-state index in [-0.39, 0.29) is 5.97 Å². The van der Waals surface area contributed by atoms with Gasteiger partial charge < -0.3 is 10.1 Å².